The fraction of sp³-hybridized carbons (Fsp3) is 0.800. The van der Waals surface area contributed by atoms with Crippen molar-refractivity contribution in [3.8, 4) is 0 Å². The number of ether oxygens (including phenoxy) is 2. The first kappa shape index (κ1) is 14.9. The van der Waals surface area contributed by atoms with E-state index < -0.39 is 12.1 Å². The molecule has 0 aromatic heterocycles. The molecule has 1 unspecified atom stereocenters. The van der Waals surface area contributed by atoms with Crippen LogP contribution in [0.4, 0.5) is 0 Å². The first-order valence-electron chi connectivity index (χ1n) is 5.22. The van der Waals surface area contributed by atoms with Gasteiger partial charge in [-0.3, -0.25) is 4.79 Å². The van der Waals surface area contributed by atoms with Gasteiger partial charge in [0.05, 0.1) is 20.3 Å². The second-order valence-electron chi connectivity index (χ2n) is 3.21. The summed E-state index contributed by atoms with van der Waals surface area (Å²) in [6, 6.07) is 0. The SMILES string of the molecule is CCCOCCC(=O)NCC(O)C(=O)OC. The molecule has 0 aromatic carbocycles. The van der Waals surface area contributed by atoms with E-state index in [0.29, 0.717) is 13.2 Å². The zero-order chi connectivity index (χ0) is 12.4. The minimum absolute atomic E-state index is 0.140. The lowest BCUT2D eigenvalue weighted by Gasteiger charge is -2.09. The van der Waals surface area contributed by atoms with Crippen LogP contribution in [0.5, 0.6) is 0 Å². The van der Waals surface area contributed by atoms with E-state index in [1.54, 1.807) is 0 Å². The van der Waals surface area contributed by atoms with Crippen molar-refractivity contribution in [3.05, 3.63) is 0 Å². The molecule has 1 amide bonds. The number of esters is 1. The summed E-state index contributed by atoms with van der Waals surface area (Å²) in [6.07, 6.45) is -0.193. The van der Waals surface area contributed by atoms with Crippen LogP contribution >= 0.6 is 0 Å². The Hall–Kier alpha value is -1.14. The highest BCUT2D eigenvalue weighted by atomic mass is 16.5. The van der Waals surface area contributed by atoms with Crippen LogP contribution in [0.3, 0.4) is 0 Å². The summed E-state index contributed by atoms with van der Waals surface area (Å²) < 4.78 is 9.41. The lowest BCUT2D eigenvalue weighted by molar-refractivity contribution is -0.150. The Morgan fingerprint density at radius 3 is 2.62 bits per heavy atom. The van der Waals surface area contributed by atoms with Gasteiger partial charge in [0.2, 0.25) is 5.91 Å². The zero-order valence-corrected chi connectivity index (χ0v) is 9.69. The molecule has 6 nitrogen and oxygen atoms in total. The number of hydrogen-bond donors (Lipinski definition) is 2. The van der Waals surface area contributed by atoms with E-state index in [-0.39, 0.29) is 18.9 Å². The second kappa shape index (κ2) is 9.11. The van der Waals surface area contributed by atoms with Gasteiger partial charge in [0, 0.05) is 13.0 Å². The molecule has 2 N–H and O–H groups in total. The predicted molar refractivity (Wildman–Crippen MR) is 56.8 cm³/mol. The molecule has 0 fully saturated rings. The van der Waals surface area contributed by atoms with Crippen molar-refractivity contribution in [1.29, 1.82) is 0 Å². The van der Waals surface area contributed by atoms with Crippen LogP contribution in [-0.2, 0) is 19.1 Å². The number of aliphatic hydroxyl groups excluding tert-OH is 1. The molecule has 16 heavy (non-hydrogen) atoms. The molecule has 0 bridgehead atoms. The van der Waals surface area contributed by atoms with Crippen molar-refractivity contribution in [3.63, 3.8) is 0 Å². The Kier molecular flexibility index (Phi) is 8.46. The van der Waals surface area contributed by atoms with Crippen LogP contribution in [0.1, 0.15) is 19.8 Å². The smallest absolute Gasteiger partial charge is 0.336 e. The van der Waals surface area contributed by atoms with Crippen molar-refractivity contribution in [1.82, 2.24) is 5.32 Å². The Labute approximate surface area is 94.9 Å². The number of methoxy groups -OCH3 is 1. The van der Waals surface area contributed by atoms with Gasteiger partial charge in [-0.1, -0.05) is 6.92 Å². The first-order valence-corrected chi connectivity index (χ1v) is 5.22. The molecule has 0 heterocycles. The molecule has 0 aliphatic rings. The van der Waals surface area contributed by atoms with Gasteiger partial charge in [0.25, 0.3) is 0 Å². The largest absolute Gasteiger partial charge is 0.467 e. The quantitative estimate of drug-likeness (QED) is 0.434. The van der Waals surface area contributed by atoms with Crippen LogP contribution < -0.4 is 5.32 Å². The summed E-state index contributed by atoms with van der Waals surface area (Å²) in [5, 5.41) is 11.6. The number of carbonyl (C=O) groups excluding carboxylic acids is 2. The van der Waals surface area contributed by atoms with Gasteiger partial charge in [-0.15, -0.1) is 0 Å². The van der Waals surface area contributed by atoms with Crippen LogP contribution in [0.2, 0.25) is 0 Å². The average molecular weight is 233 g/mol. The van der Waals surface area contributed by atoms with Gasteiger partial charge in [-0.25, -0.2) is 4.79 Å². The van der Waals surface area contributed by atoms with Gasteiger partial charge in [0.15, 0.2) is 6.10 Å². The molecule has 0 aliphatic heterocycles. The average Bonchev–Trinajstić information content (AvgIpc) is 2.30. The third-order valence-corrected chi connectivity index (χ3v) is 1.79. The number of aliphatic hydroxyl groups is 1. The maximum atomic E-state index is 11.2. The number of nitrogens with one attached hydrogen (secondary N) is 1. The van der Waals surface area contributed by atoms with E-state index in [2.05, 4.69) is 10.1 Å². The lowest BCUT2D eigenvalue weighted by Crippen LogP contribution is -2.37. The maximum absolute atomic E-state index is 11.2. The molecule has 0 rings (SSSR count). The minimum Gasteiger partial charge on any atom is -0.467 e. The van der Waals surface area contributed by atoms with E-state index in [1.807, 2.05) is 6.92 Å². The molecular weight excluding hydrogens is 214 g/mol. The van der Waals surface area contributed by atoms with Gasteiger partial charge in [-0.05, 0) is 6.42 Å². The van der Waals surface area contributed by atoms with Crippen LogP contribution in [0.15, 0.2) is 0 Å². The summed E-state index contributed by atoms with van der Waals surface area (Å²) in [4.78, 5) is 21.9. The number of carbonyl (C=O) groups is 2. The van der Waals surface area contributed by atoms with Crippen molar-refractivity contribution < 1.29 is 24.2 Å². The minimum atomic E-state index is -1.31. The highest BCUT2D eigenvalue weighted by molar-refractivity contribution is 5.78. The Bertz CT molecular complexity index is 219. The fourth-order valence-electron chi connectivity index (χ4n) is 0.930. The molecule has 0 radical (unpaired) electrons. The Morgan fingerprint density at radius 1 is 1.38 bits per heavy atom. The monoisotopic (exact) mass is 233 g/mol. The standard InChI is InChI=1S/C10H19NO5/c1-3-5-16-6-4-9(13)11-7-8(12)10(14)15-2/h8,12H,3-7H2,1-2H3,(H,11,13). The Morgan fingerprint density at radius 2 is 2.06 bits per heavy atom. The highest BCUT2D eigenvalue weighted by Crippen LogP contribution is 1.88. The normalized spacial score (nSPS) is 11.9. The van der Waals surface area contributed by atoms with Crippen LogP contribution in [0.25, 0.3) is 0 Å². The molecule has 0 spiro atoms. The number of amides is 1. The second-order valence-corrected chi connectivity index (χ2v) is 3.21. The molecule has 0 aliphatic carbocycles. The number of rotatable bonds is 8. The van der Waals surface area contributed by atoms with Gasteiger partial charge >= 0.3 is 5.97 Å². The topological polar surface area (TPSA) is 84.9 Å². The molecule has 6 heteroatoms. The van der Waals surface area contributed by atoms with Crippen molar-refractivity contribution in [2.75, 3.05) is 26.9 Å². The molecule has 0 aromatic rings. The van der Waals surface area contributed by atoms with Gasteiger partial charge in [-0.2, -0.15) is 0 Å². The van der Waals surface area contributed by atoms with Gasteiger partial charge < -0.3 is 19.9 Å². The van der Waals surface area contributed by atoms with Gasteiger partial charge in [0.1, 0.15) is 0 Å². The maximum Gasteiger partial charge on any atom is 0.336 e. The lowest BCUT2D eigenvalue weighted by atomic mass is 10.3. The summed E-state index contributed by atoms with van der Waals surface area (Å²) in [5.74, 6) is -1.03. The zero-order valence-electron chi connectivity index (χ0n) is 9.69. The van der Waals surface area contributed by atoms with Crippen molar-refractivity contribution >= 4 is 11.9 Å². The first-order chi connectivity index (χ1) is 7.61. The fourth-order valence-corrected chi connectivity index (χ4v) is 0.930. The summed E-state index contributed by atoms with van der Waals surface area (Å²) in [5.41, 5.74) is 0. The number of hydrogen-bond acceptors (Lipinski definition) is 5. The van der Waals surface area contributed by atoms with E-state index in [0.717, 1.165) is 6.42 Å². The van der Waals surface area contributed by atoms with E-state index >= 15 is 0 Å². The van der Waals surface area contributed by atoms with E-state index in [9.17, 15) is 9.59 Å². The third kappa shape index (κ3) is 7.19. The molecule has 0 saturated heterocycles. The molecule has 1 atom stereocenters. The van der Waals surface area contributed by atoms with Crippen LogP contribution in [0, 0.1) is 0 Å². The van der Waals surface area contributed by atoms with Crippen molar-refractivity contribution in [2.45, 2.75) is 25.9 Å². The predicted octanol–water partition coefficient (Wildman–Crippen LogP) is -0.547. The summed E-state index contributed by atoms with van der Waals surface area (Å²) in [7, 11) is 1.17. The van der Waals surface area contributed by atoms with Crippen molar-refractivity contribution in [2.24, 2.45) is 0 Å². The summed E-state index contributed by atoms with van der Waals surface area (Å²) >= 11 is 0. The van der Waals surface area contributed by atoms with E-state index in [4.69, 9.17) is 9.84 Å². The van der Waals surface area contributed by atoms with Crippen LogP contribution in [-0.4, -0.2) is 50.0 Å². The highest BCUT2D eigenvalue weighted by Gasteiger charge is 2.15. The molecule has 0 saturated carbocycles. The van der Waals surface area contributed by atoms with E-state index in [1.165, 1.54) is 7.11 Å². The third-order valence-electron chi connectivity index (χ3n) is 1.79. The molecule has 94 valence electrons. The molecular formula is C10H19NO5. The summed E-state index contributed by atoms with van der Waals surface area (Å²) in [6.45, 7) is 2.80. The Balaban J connectivity index is 3.53.